The van der Waals surface area contributed by atoms with Crippen molar-refractivity contribution in [2.45, 2.75) is 32.6 Å². The molecule has 1 nitrogen and oxygen atoms in total. The van der Waals surface area contributed by atoms with Gasteiger partial charge in [0.15, 0.2) is 0 Å². The summed E-state index contributed by atoms with van der Waals surface area (Å²) in [5.41, 5.74) is 11.3. The van der Waals surface area contributed by atoms with E-state index >= 15 is 0 Å². The highest BCUT2D eigenvalue weighted by molar-refractivity contribution is 5.40. The lowest BCUT2D eigenvalue weighted by Crippen LogP contribution is -2.08. The number of benzene rings is 2. The summed E-state index contributed by atoms with van der Waals surface area (Å²) in [7, 11) is 0. The molecule has 0 saturated heterocycles. The maximum absolute atomic E-state index is 5.71. The van der Waals surface area contributed by atoms with Crippen molar-refractivity contribution in [3.05, 3.63) is 70.8 Å². The van der Waals surface area contributed by atoms with Gasteiger partial charge in [-0.15, -0.1) is 0 Å². The fourth-order valence-corrected chi connectivity index (χ4v) is 2.76. The number of hydrogen-bond donors (Lipinski definition) is 1. The summed E-state index contributed by atoms with van der Waals surface area (Å²) < 4.78 is 0. The second-order valence-corrected chi connectivity index (χ2v) is 5.20. The van der Waals surface area contributed by atoms with Crippen LogP contribution in [0.3, 0.4) is 0 Å². The van der Waals surface area contributed by atoms with E-state index in [0.717, 1.165) is 19.4 Å². The molecule has 2 rings (SSSR count). The first-order valence-electron chi connectivity index (χ1n) is 7.05. The Kier molecular flexibility index (Phi) is 4.75. The minimum absolute atomic E-state index is 0.464. The van der Waals surface area contributed by atoms with Crippen LogP contribution in [0.4, 0.5) is 0 Å². The Morgan fingerprint density at radius 1 is 0.842 bits per heavy atom. The molecule has 0 atom stereocenters. The number of nitrogens with two attached hydrogens (primary N) is 1. The summed E-state index contributed by atoms with van der Waals surface area (Å²) in [4.78, 5) is 0. The normalized spacial score (nSPS) is 10.9. The number of aryl methyl sites for hydroxylation is 2. The zero-order chi connectivity index (χ0) is 13.7. The standard InChI is InChI=1S/C18H23N/c1-14-8-3-5-10-16(14)18(12-7-13-19)17-11-6-4-9-15(17)2/h3-6,8-11,18H,7,12-13,19H2,1-2H3. The van der Waals surface area contributed by atoms with E-state index in [1.54, 1.807) is 0 Å². The fraction of sp³-hybridized carbons (Fsp3) is 0.333. The van der Waals surface area contributed by atoms with Crippen LogP contribution in [0.2, 0.25) is 0 Å². The van der Waals surface area contributed by atoms with E-state index in [1.807, 2.05) is 0 Å². The third-order valence-electron chi connectivity index (χ3n) is 3.82. The van der Waals surface area contributed by atoms with Gasteiger partial charge in [0.25, 0.3) is 0 Å². The predicted molar refractivity (Wildman–Crippen MR) is 82.5 cm³/mol. The maximum atomic E-state index is 5.71. The van der Waals surface area contributed by atoms with Crippen molar-refractivity contribution in [1.29, 1.82) is 0 Å². The van der Waals surface area contributed by atoms with E-state index in [1.165, 1.54) is 22.3 Å². The van der Waals surface area contributed by atoms with Crippen LogP contribution >= 0.6 is 0 Å². The summed E-state index contributed by atoms with van der Waals surface area (Å²) in [6, 6.07) is 17.4. The third-order valence-corrected chi connectivity index (χ3v) is 3.82. The van der Waals surface area contributed by atoms with Crippen molar-refractivity contribution in [2.75, 3.05) is 6.54 Å². The van der Waals surface area contributed by atoms with Crippen LogP contribution < -0.4 is 5.73 Å². The molecule has 0 bridgehead atoms. The Labute approximate surface area is 116 Å². The number of rotatable bonds is 5. The molecule has 2 aromatic rings. The Balaban J connectivity index is 2.42. The molecule has 1 heteroatoms. The molecule has 0 amide bonds. The summed E-state index contributed by atoms with van der Waals surface area (Å²) in [6.07, 6.45) is 2.18. The van der Waals surface area contributed by atoms with Gasteiger partial charge in [0.2, 0.25) is 0 Å². The van der Waals surface area contributed by atoms with E-state index in [2.05, 4.69) is 62.4 Å². The highest BCUT2D eigenvalue weighted by atomic mass is 14.5. The average Bonchev–Trinajstić information content (AvgIpc) is 2.42. The van der Waals surface area contributed by atoms with Gasteiger partial charge in [0.05, 0.1) is 0 Å². The largest absolute Gasteiger partial charge is 0.330 e. The Morgan fingerprint density at radius 2 is 1.32 bits per heavy atom. The SMILES string of the molecule is Cc1ccccc1C(CCCN)c1ccccc1C. The van der Waals surface area contributed by atoms with E-state index in [-0.39, 0.29) is 0 Å². The lowest BCUT2D eigenvalue weighted by molar-refractivity contribution is 0.663. The van der Waals surface area contributed by atoms with Crippen molar-refractivity contribution in [2.24, 2.45) is 5.73 Å². The molecule has 2 aromatic carbocycles. The van der Waals surface area contributed by atoms with Gasteiger partial charge < -0.3 is 5.73 Å². The molecule has 0 spiro atoms. The lowest BCUT2D eigenvalue weighted by atomic mass is 9.83. The van der Waals surface area contributed by atoms with Crippen molar-refractivity contribution in [3.8, 4) is 0 Å². The van der Waals surface area contributed by atoms with Gasteiger partial charge >= 0.3 is 0 Å². The first-order chi connectivity index (χ1) is 9.24. The quantitative estimate of drug-likeness (QED) is 0.850. The van der Waals surface area contributed by atoms with E-state index in [0.29, 0.717) is 5.92 Å². The molecule has 0 aliphatic carbocycles. The van der Waals surface area contributed by atoms with Crippen molar-refractivity contribution in [3.63, 3.8) is 0 Å². The van der Waals surface area contributed by atoms with Crippen LogP contribution in [0.25, 0.3) is 0 Å². The molecule has 0 aliphatic rings. The Bertz CT molecular complexity index is 485. The molecular weight excluding hydrogens is 230 g/mol. The summed E-state index contributed by atoms with van der Waals surface area (Å²) in [5.74, 6) is 0.464. The van der Waals surface area contributed by atoms with Gasteiger partial charge in [0, 0.05) is 5.92 Å². The second kappa shape index (κ2) is 6.53. The van der Waals surface area contributed by atoms with E-state index < -0.39 is 0 Å². The molecule has 0 aliphatic heterocycles. The zero-order valence-electron chi connectivity index (χ0n) is 11.9. The average molecular weight is 253 g/mol. The topological polar surface area (TPSA) is 26.0 Å². The van der Waals surface area contributed by atoms with Gasteiger partial charge in [-0.2, -0.15) is 0 Å². The fourth-order valence-electron chi connectivity index (χ4n) is 2.76. The number of hydrogen-bond acceptors (Lipinski definition) is 1. The third kappa shape index (κ3) is 3.24. The molecule has 0 aromatic heterocycles. The van der Waals surface area contributed by atoms with Gasteiger partial charge in [-0.25, -0.2) is 0 Å². The minimum Gasteiger partial charge on any atom is -0.330 e. The molecule has 0 fully saturated rings. The summed E-state index contributed by atoms with van der Waals surface area (Å²) in [6.45, 7) is 5.15. The molecule has 2 N–H and O–H groups in total. The zero-order valence-corrected chi connectivity index (χ0v) is 11.9. The molecule has 0 unspecified atom stereocenters. The van der Waals surface area contributed by atoms with Gasteiger partial charge in [-0.3, -0.25) is 0 Å². The Hall–Kier alpha value is -1.60. The van der Waals surface area contributed by atoms with Crippen molar-refractivity contribution in [1.82, 2.24) is 0 Å². The molecule has 0 heterocycles. The minimum atomic E-state index is 0.464. The molecular formula is C18H23N. The van der Waals surface area contributed by atoms with Gasteiger partial charge in [-0.05, 0) is 55.5 Å². The first-order valence-corrected chi connectivity index (χ1v) is 7.05. The predicted octanol–water partition coefficient (Wildman–Crippen LogP) is 4.17. The highest BCUT2D eigenvalue weighted by Crippen LogP contribution is 2.32. The molecule has 0 saturated carbocycles. The van der Waals surface area contributed by atoms with Crippen LogP contribution in [0.5, 0.6) is 0 Å². The van der Waals surface area contributed by atoms with Crippen LogP contribution in [-0.4, -0.2) is 6.54 Å². The van der Waals surface area contributed by atoms with Crippen LogP contribution in [0.1, 0.15) is 41.0 Å². The summed E-state index contributed by atoms with van der Waals surface area (Å²) in [5, 5.41) is 0. The monoisotopic (exact) mass is 253 g/mol. The lowest BCUT2D eigenvalue weighted by Gasteiger charge is -2.21. The first kappa shape index (κ1) is 13.8. The van der Waals surface area contributed by atoms with Gasteiger partial charge in [0.1, 0.15) is 0 Å². The van der Waals surface area contributed by atoms with Crippen molar-refractivity contribution < 1.29 is 0 Å². The van der Waals surface area contributed by atoms with Crippen LogP contribution in [0.15, 0.2) is 48.5 Å². The van der Waals surface area contributed by atoms with E-state index in [9.17, 15) is 0 Å². The molecule has 100 valence electrons. The maximum Gasteiger partial charge on any atom is 0.00950 e. The smallest absolute Gasteiger partial charge is 0.00950 e. The van der Waals surface area contributed by atoms with Crippen LogP contribution in [0, 0.1) is 13.8 Å². The highest BCUT2D eigenvalue weighted by Gasteiger charge is 2.16. The summed E-state index contributed by atoms with van der Waals surface area (Å²) >= 11 is 0. The van der Waals surface area contributed by atoms with E-state index in [4.69, 9.17) is 5.73 Å². The Morgan fingerprint density at radius 3 is 1.74 bits per heavy atom. The van der Waals surface area contributed by atoms with Gasteiger partial charge in [-0.1, -0.05) is 48.5 Å². The molecule has 0 radical (unpaired) electrons. The second-order valence-electron chi connectivity index (χ2n) is 5.20. The van der Waals surface area contributed by atoms with Crippen molar-refractivity contribution >= 4 is 0 Å². The molecule has 19 heavy (non-hydrogen) atoms. The van der Waals surface area contributed by atoms with Crippen LogP contribution in [-0.2, 0) is 0 Å².